The lowest BCUT2D eigenvalue weighted by molar-refractivity contribution is 0.0365. The van der Waals surface area contributed by atoms with Gasteiger partial charge in [-0.15, -0.1) is 0 Å². The second kappa shape index (κ2) is 8.17. The van der Waals surface area contributed by atoms with Crippen LogP contribution in [0.2, 0.25) is 0 Å². The third-order valence-corrected chi connectivity index (χ3v) is 5.89. The molecule has 3 heterocycles. The van der Waals surface area contributed by atoms with Crippen LogP contribution in [0.4, 0.5) is 10.1 Å². The third-order valence-electron chi connectivity index (χ3n) is 5.89. The molecule has 4 aromatic rings. The summed E-state index contributed by atoms with van der Waals surface area (Å²) in [5, 5.41) is 4.57. The zero-order valence-electron chi connectivity index (χ0n) is 17.4. The number of furan rings is 1. The second-order valence-electron chi connectivity index (χ2n) is 7.89. The number of aryl methyl sites for hydroxylation is 1. The van der Waals surface area contributed by atoms with Crippen LogP contribution < -0.4 is 5.32 Å². The lowest BCUT2D eigenvalue weighted by Crippen LogP contribution is -2.38. The van der Waals surface area contributed by atoms with E-state index in [-0.39, 0.29) is 17.5 Å². The van der Waals surface area contributed by atoms with E-state index < -0.39 is 0 Å². The fourth-order valence-corrected chi connectivity index (χ4v) is 4.14. The van der Waals surface area contributed by atoms with Crippen molar-refractivity contribution in [3.63, 3.8) is 0 Å². The summed E-state index contributed by atoms with van der Waals surface area (Å²) in [6.07, 6.45) is 2.08. The SMILES string of the molecule is Cc1c(C(=O)Nc2ccc3c(ccn3CCN3CCOCC3)c2)oc2ccc(F)cc12. The van der Waals surface area contributed by atoms with Gasteiger partial charge in [-0.2, -0.15) is 0 Å². The molecule has 1 saturated heterocycles. The average molecular weight is 421 g/mol. The molecular weight excluding hydrogens is 397 g/mol. The summed E-state index contributed by atoms with van der Waals surface area (Å²) >= 11 is 0. The van der Waals surface area contributed by atoms with E-state index in [4.69, 9.17) is 9.15 Å². The fourth-order valence-electron chi connectivity index (χ4n) is 4.14. The van der Waals surface area contributed by atoms with Crippen LogP contribution in [-0.4, -0.2) is 48.2 Å². The number of fused-ring (bicyclic) bond motifs is 2. The number of rotatable bonds is 5. The Labute approximate surface area is 179 Å². The molecule has 31 heavy (non-hydrogen) atoms. The Hall–Kier alpha value is -3.16. The van der Waals surface area contributed by atoms with Crippen molar-refractivity contribution in [1.29, 1.82) is 0 Å². The minimum atomic E-state index is -0.355. The van der Waals surface area contributed by atoms with Crippen molar-refractivity contribution in [3.8, 4) is 0 Å². The Morgan fingerprint density at radius 2 is 1.94 bits per heavy atom. The maximum atomic E-state index is 13.5. The van der Waals surface area contributed by atoms with Crippen LogP contribution in [0.3, 0.4) is 0 Å². The molecule has 0 spiro atoms. The van der Waals surface area contributed by atoms with E-state index in [0.29, 0.717) is 22.2 Å². The van der Waals surface area contributed by atoms with Gasteiger partial charge in [0.15, 0.2) is 5.76 Å². The first-order valence-corrected chi connectivity index (χ1v) is 10.5. The van der Waals surface area contributed by atoms with Crippen LogP contribution in [0, 0.1) is 12.7 Å². The number of ether oxygens (including phenoxy) is 1. The number of carbonyl (C=O) groups is 1. The summed E-state index contributed by atoms with van der Waals surface area (Å²) in [5.74, 6) is -0.504. The molecule has 160 valence electrons. The van der Waals surface area contributed by atoms with Crippen molar-refractivity contribution in [2.75, 3.05) is 38.2 Å². The lowest BCUT2D eigenvalue weighted by atomic mass is 10.1. The summed E-state index contributed by atoms with van der Waals surface area (Å²) in [5.41, 5.74) is 2.94. The molecule has 0 aliphatic carbocycles. The number of nitrogens with zero attached hydrogens (tertiary/aromatic N) is 2. The maximum absolute atomic E-state index is 13.5. The van der Waals surface area contributed by atoms with Gasteiger partial charge in [0.1, 0.15) is 11.4 Å². The Morgan fingerprint density at radius 1 is 1.10 bits per heavy atom. The molecule has 1 aliphatic heterocycles. The van der Waals surface area contributed by atoms with Gasteiger partial charge in [-0.1, -0.05) is 0 Å². The van der Waals surface area contributed by atoms with Crippen LogP contribution in [0.1, 0.15) is 16.1 Å². The number of anilines is 1. The molecule has 2 aromatic heterocycles. The smallest absolute Gasteiger partial charge is 0.291 e. The normalized spacial score (nSPS) is 15.0. The molecule has 5 rings (SSSR count). The Morgan fingerprint density at radius 3 is 2.77 bits per heavy atom. The number of amides is 1. The number of benzene rings is 2. The predicted octanol–water partition coefficient (Wildman–Crippen LogP) is 4.42. The van der Waals surface area contributed by atoms with E-state index in [2.05, 4.69) is 27.0 Å². The highest BCUT2D eigenvalue weighted by Crippen LogP contribution is 2.27. The summed E-state index contributed by atoms with van der Waals surface area (Å²) in [4.78, 5) is 15.2. The van der Waals surface area contributed by atoms with Gasteiger partial charge in [0.2, 0.25) is 0 Å². The minimum absolute atomic E-state index is 0.198. The number of hydrogen-bond donors (Lipinski definition) is 1. The summed E-state index contributed by atoms with van der Waals surface area (Å²) in [6.45, 7) is 7.20. The monoisotopic (exact) mass is 421 g/mol. The topological polar surface area (TPSA) is 59.6 Å². The van der Waals surface area contributed by atoms with Gasteiger partial charge in [0.25, 0.3) is 5.91 Å². The molecule has 1 fully saturated rings. The van der Waals surface area contributed by atoms with Gasteiger partial charge >= 0.3 is 0 Å². The summed E-state index contributed by atoms with van der Waals surface area (Å²) in [7, 11) is 0. The van der Waals surface area contributed by atoms with Crippen LogP contribution in [-0.2, 0) is 11.3 Å². The van der Waals surface area contributed by atoms with Gasteiger partial charge in [0.05, 0.1) is 13.2 Å². The molecule has 1 amide bonds. The largest absolute Gasteiger partial charge is 0.451 e. The molecular formula is C24H24FN3O3. The van der Waals surface area contributed by atoms with E-state index in [9.17, 15) is 9.18 Å². The zero-order valence-corrected chi connectivity index (χ0v) is 17.4. The molecule has 0 atom stereocenters. The number of aromatic nitrogens is 1. The summed E-state index contributed by atoms with van der Waals surface area (Å²) < 4.78 is 26.8. The Bertz CT molecular complexity index is 1250. The van der Waals surface area contributed by atoms with Crippen LogP contribution in [0.25, 0.3) is 21.9 Å². The molecule has 0 unspecified atom stereocenters. The highest BCUT2D eigenvalue weighted by Gasteiger charge is 2.18. The predicted molar refractivity (Wildman–Crippen MR) is 118 cm³/mol. The van der Waals surface area contributed by atoms with Crippen LogP contribution in [0.15, 0.2) is 53.1 Å². The Balaban J connectivity index is 1.32. The summed E-state index contributed by atoms with van der Waals surface area (Å²) in [6, 6.07) is 12.2. The van der Waals surface area contributed by atoms with Gasteiger partial charge in [-0.25, -0.2) is 4.39 Å². The molecule has 1 N–H and O–H groups in total. The maximum Gasteiger partial charge on any atom is 0.291 e. The number of halogens is 1. The second-order valence-corrected chi connectivity index (χ2v) is 7.89. The third kappa shape index (κ3) is 3.94. The molecule has 7 heteroatoms. The highest BCUT2D eigenvalue weighted by atomic mass is 19.1. The first kappa shape index (κ1) is 19.8. The van der Waals surface area contributed by atoms with Gasteiger partial charge in [0, 0.05) is 59.9 Å². The van der Waals surface area contributed by atoms with Crippen molar-refractivity contribution >= 4 is 33.5 Å². The first-order chi connectivity index (χ1) is 15.1. The van der Waals surface area contributed by atoms with Crippen molar-refractivity contribution < 1.29 is 18.3 Å². The van der Waals surface area contributed by atoms with E-state index in [1.165, 1.54) is 12.1 Å². The number of hydrogen-bond acceptors (Lipinski definition) is 4. The standard InChI is InChI=1S/C24H24FN3O3/c1-16-20-15-18(25)2-5-22(20)31-23(16)24(29)26-19-3-4-21-17(14-19)6-7-28(21)9-8-27-10-12-30-13-11-27/h2-7,14-15H,8-13H2,1H3,(H,26,29). The number of morpholine rings is 1. The molecule has 1 aliphatic rings. The minimum Gasteiger partial charge on any atom is -0.451 e. The number of nitrogens with one attached hydrogen (secondary N) is 1. The van der Waals surface area contributed by atoms with E-state index in [1.807, 2.05) is 18.2 Å². The zero-order chi connectivity index (χ0) is 21.4. The Kier molecular flexibility index (Phi) is 5.21. The number of carbonyl (C=O) groups excluding carboxylic acids is 1. The van der Waals surface area contributed by atoms with Crippen molar-refractivity contribution in [2.24, 2.45) is 0 Å². The van der Waals surface area contributed by atoms with Crippen molar-refractivity contribution in [3.05, 3.63) is 65.8 Å². The van der Waals surface area contributed by atoms with Gasteiger partial charge in [-0.3, -0.25) is 9.69 Å². The molecule has 2 aromatic carbocycles. The van der Waals surface area contributed by atoms with Crippen LogP contribution >= 0.6 is 0 Å². The highest BCUT2D eigenvalue weighted by molar-refractivity contribution is 6.07. The van der Waals surface area contributed by atoms with Crippen LogP contribution in [0.5, 0.6) is 0 Å². The molecule has 0 bridgehead atoms. The average Bonchev–Trinajstić information content (AvgIpc) is 3.33. The van der Waals surface area contributed by atoms with E-state index in [0.717, 1.165) is 50.3 Å². The molecule has 0 saturated carbocycles. The lowest BCUT2D eigenvalue weighted by Gasteiger charge is -2.26. The first-order valence-electron chi connectivity index (χ1n) is 10.5. The van der Waals surface area contributed by atoms with E-state index >= 15 is 0 Å². The quantitative estimate of drug-likeness (QED) is 0.518. The van der Waals surface area contributed by atoms with Crippen molar-refractivity contribution in [2.45, 2.75) is 13.5 Å². The molecule has 6 nitrogen and oxygen atoms in total. The fraction of sp³-hybridized carbons (Fsp3) is 0.292. The van der Waals surface area contributed by atoms with Crippen molar-refractivity contribution in [1.82, 2.24) is 9.47 Å². The van der Waals surface area contributed by atoms with Gasteiger partial charge in [-0.05, 0) is 49.4 Å². The van der Waals surface area contributed by atoms with Gasteiger partial charge < -0.3 is 19.0 Å². The molecule has 0 radical (unpaired) electrons. The van der Waals surface area contributed by atoms with E-state index in [1.54, 1.807) is 13.0 Å².